The molecule has 0 aromatic heterocycles. The van der Waals surface area contributed by atoms with Gasteiger partial charge in [-0.2, -0.15) is 0 Å². The molecule has 1 aliphatic heterocycles. The van der Waals surface area contributed by atoms with Crippen LogP contribution in [0.1, 0.15) is 12.8 Å². The Morgan fingerprint density at radius 2 is 2.10 bits per heavy atom. The Kier molecular flexibility index (Phi) is 5.68. The van der Waals surface area contributed by atoms with Crippen LogP contribution in [0, 0.1) is 5.92 Å². The molecule has 0 bridgehead atoms. The van der Waals surface area contributed by atoms with Gasteiger partial charge in [-0.25, -0.2) is 0 Å². The highest BCUT2D eigenvalue weighted by atomic mass is 16.5. The number of hydrogen-bond acceptors (Lipinski definition) is 5. The largest absolute Gasteiger partial charge is 0.497 e. The predicted octanol–water partition coefficient (Wildman–Crippen LogP) is 1.53. The van der Waals surface area contributed by atoms with E-state index in [0.717, 1.165) is 44.0 Å². The summed E-state index contributed by atoms with van der Waals surface area (Å²) in [5.74, 6) is 2.13. The standard InChI is InChI=1S/C15H23N3O3/c1-20-13-4-6-14(7-5-13)21-10-9-18-8-2-3-12(11-18)15(16)17-19/h4-7,12,19H,2-3,8-11H2,1H3,(H2,16,17). The molecular formula is C15H23N3O3. The first-order valence-electron chi connectivity index (χ1n) is 7.19. The molecule has 21 heavy (non-hydrogen) atoms. The van der Waals surface area contributed by atoms with Gasteiger partial charge in [-0.3, -0.25) is 4.90 Å². The second-order valence-corrected chi connectivity index (χ2v) is 5.19. The lowest BCUT2D eigenvalue weighted by Crippen LogP contribution is -2.42. The number of rotatable bonds is 6. The van der Waals surface area contributed by atoms with Gasteiger partial charge in [0.05, 0.1) is 7.11 Å². The van der Waals surface area contributed by atoms with E-state index >= 15 is 0 Å². The summed E-state index contributed by atoms with van der Waals surface area (Å²) >= 11 is 0. The molecule has 6 heteroatoms. The van der Waals surface area contributed by atoms with Crippen molar-refractivity contribution in [3.05, 3.63) is 24.3 Å². The molecule has 1 heterocycles. The lowest BCUT2D eigenvalue weighted by Gasteiger charge is -2.31. The minimum Gasteiger partial charge on any atom is -0.497 e. The third-order valence-electron chi connectivity index (χ3n) is 3.77. The molecule has 3 N–H and O–H groups in total. The van der Waals surface area contributed by atoms with Crippen molar-refractivity contribution in [2.24, 2.45) is 16.8 Å². The van der Waals surface area contributed by atoms with Crippen molar-refractivity contribution in [2.75, 3.05) is 33.4 Å². The van der Waals surface area contributed by atoms with Crippen LogP contribution >= 0.6 is 0 Å². The number of nitrogens with two attached hydrogens (primary N) is 1. The van der Waals surface area contributed by atoms with Crippen molar-refractivity contribution in [1.29, 1.82) is 0 Å². The highest BCUT2D eigenvalue weighted by molar-refractivity contribution is 5.82. The van der Waals surface area contributed by atoms with E-state index in [1.54, 1.807) is 7.11 Å². The Balaban J connectivity index is 1.74. The molecule has 1 unspecified atom stereocenters. The zero-order valence-electron chi connectivity index (χ0n) is 12.4. The van der Waals surface area contributed by atoms with Gasteiger partial charge in [-0.05, 0) is 43.7 Å². The summed E-state index contributed by atoms with van der Waals surface area (Å²) in [6.45, 7) is 3.31. The topological polar surface area (TPSA) is 80.3 Å². The summed E-state index contributed by atoms with van der Waals surface area (Å²) in [5, 5.41) is 11.9. The first-order valence-corrected chi connectivity index (χ1v) is 7.19. The van der Waals surface area contributed by atoms with Crippen molar-refractivity contribution in [2.45, 2.75) is 12.8 Å². The highest BCUT2D eigenvalue weighted by Crippen LogP contribution is 2.18. The molecule has 2 rings (SSSR count). The van der Waals surface area contributed by atoms with Crippen molar-refractivity contribution in [3.8, 4) is 11.5 Å². The van der Waals surface area contributed by atoms with Gasteiger partial charge in [-0.15, -0.1) is 0 Å². The number of hydrogen-bond donors (Lipinski definition) is 2. The van der Waals surface area contributed by atoms with Crippen LogP contribution in [0.2, 0.25) is 0 Å². The monoisotopic (exact) mass is 293 g/mol. The van der Waals surface area contributed by atoms with E-state index < -0.39 is 0 Å². The first-order chi connectivity index (χ1) is 10.2. The molecule has 1 aromatic rings. The van der Waals surface area contributed by atoms with E-state index in [0.29, 0.717) is 12.4 Å². The van der Waals surface area contributed by atoms with Gasteiger partial charge in [0.2, 0.25) is 0 Å². The number of likely N-dealkylation sites (tertiary alicyclic amines) is 1. The Morgan fingerprint density at radius 3 is 2.76 bits per heavy atom. The van der Waals surface area contributed by atoms with E-state index in [2.05, 4.69) is 10.1 Å². The molecule has 0 spiro atoms. The molecular weight excluding hydrogens is 270 g/mol. The zero-order valence-corrected chi connectivity index (χ0v) is 12.4. The molecule has 0 amide bonds. The number of amidine groups is 1. The van der Waals surface area contributed by atoms with Gasteiger partial charge in [-0.1, -0.05) is 5.16 Å². The zero-order chi connectivity index (χ0) is 15.1. The lowest BCUT2D eigenvalue weighted by atomic mass is 9.97. The maximum absolute atomic E-state index is 8.75. The Hall–Kier alpha value is -1.95. The van der Waals surface area contributed by atoms with Gasteiger partial charge < -0.3 is 20.4 Å². The Morgan fingerprint density at radius 1 is 1.38 bits per heavy atom. The molecule has 6 nitrogen and oxygen atoms in total. The van der Waals surface area contributed by atoms with Crippen LogP contribution in [0.25, 0.3) is 0 Å². The van der Waals surface area contributed by atoms with Crippen LogP contribution in [0.15, 0.2) is 29.4 Å². The summed E-state index contributed by atoms with van der Waals surface area (Å²) < 4.78 is 10.8. The van der Waals surface area contributed by atoms with Gasteiger partial charge in [0, 0.05) is 19.0 Å². The Bertz CT molecular complexity index is 462. The molecule has 1 saturated heterocycles. The fraction of sp³-hybridized carbons (Fsp3) is 0.533. The first kappa shape index (κ1) is 15.4. The molecule has 1 fully saturated rings. The predicted molar refractivity (Wildman–Crippen MR) is 81.1 cm³/mol. The number of nitrogens with zero attached hydrogens (tertiary/aromatic N) is 2. The molecule has 1 aliphatic rings. The maximum atomic E-state index is 8.75. The summed E-state index contributed by atoms with van der Waals surface area (Å²) in [7, 11) is 1.64. The number of oxime groups is 1. The number of ether oxygens (including phenoxy) is 2. The van der Waals surface area contributed by atoms with E-state index in [1.807, 2.05) is 24.3 Å². The van der Waals surface area contributed by atoms with Crippen LogP contribution < -0.4 is 15.2 Å². The molecule has 0 saturated carbocycles. The van der Waals surface area contributed by atoms with Crippen molar-refractivity contribution in [1.82, 2.24) is 4.90 Å². The van der Waals surface area contributed by atoms with E-state index in [-0.39, 0.29) is 5.92 Å². The fourth-order valence-electron chi connectivity index (χ4n) is 2.55. The average Bonchev–Trinajstić information content (AvgIpc) is 2.55. The van der Waals surface area contributed by atoms with Crippen LogP contribution in [0.3, 0.4) is 0 Å². The minimum absolute atomic E-state index is 0.143. The lowest BCUT2D eigenvalue weighted by molar-refractivity contribution is 0.165. The van der Waals surface area contributed by atoms with Crippen LogP contribution in [0.4, 0.5) is 0 Å². The fourth-order valence-corrected chi connectivity index (χ4v) is 2.55. The molecule has 116 valence electrons. The number of benzene rings is 1. The van der Waals surface area contributed by atoms with E-state index in [1.165, 1.54) is 0 Å². The number of piperidine rings is 1. The van der Waals surface area contributed by atoms with E-state index in [9.17, 15) is 0 Å². The SMILES string of the molecule is COc1ccc(OCCN2CCCC(C(N)=NO)C2)cc1. The van der Waals surface area contributed by atoms with Gasteiger partial charge >= 0.3 is 0 Å². The van der Waals surface area contributed by atoms with Crippen molar-refractivity contribution < 1.29 is 14.7 Å². The van der Waals surface area contributed by atoms with Gasteiger partial charge in [0.15, 0.2) is 0 Å². The normalized spacial score (nSPS) is 20.2. The van der Waals surface area contributed by atoms with Crippen molar-refractivity contribution in [3.63, 3.8) is 0 Å². The smallest absolute Gasteiger partial charge is 0.143 e. The quantitative estimate of drug-likeness (QED) is 0.360. The summed E-state index contributed by atoms with van der Waals surface area (Å²) in [6.07, 6.45) is 2.04. The van der Waals surface area contributed by atoms with Crippen LogP contribution in [0.5, 0.6) is 11.5 Å². The second-order valence-electron chi connectivity index (χ2n) is 5.19. The minimum atomic E-state index is 0.143. The molecule has 0 radical (unpaired) electrons. The average molecular weight is 293 g/mol. The van der Waals surface area contributed by atoms with Gasteiger partial charge in [0.1, 0.15) is 23.9 Å². The van der Waals surface area contributed by atoms with Crippen molar-refractivity contribution >= 4 is 5.84 Å². The third-order valence-corrected chi connectivity index (χ3v) is 3.77. The maximum Gasteiger partial charge on any atom is 0.143 e. The molecule has 1 atom stereocenters. The number of methoxy groups -OCH3 is 1. The highest BCUT2D eigenvalue weighted by Gasteiger charge is 2.22. The summed E-state index contributed by atoms with van der Waals surface area (Å²) in [6, 6.07) is 7.55. The van der Waals surface area contributed by atoms with Crippen LogP contribution in [-0.4, -0.2) is 49.3 Å². The molecule has 0 aliphatic carbocycles. The van der Waals surface area contributed by atoms with E-state index in [4.69, 9.17) is 20.4 Å². The summed E-state index contributed by atoms with van der Waals surface area (Å²) in [4.78, 5) is 2.29. The van der Waals surface area contributed by atoms with Crippen LogP contribution in [-0.2, 0) is 0 Å². The third kappa shape index (κ3) is 4.53. The van der Waals surface area contributed by atoms with Gasteiger partial charge in [0.25, 0.3) is 0 Å². The summed E-state index contributed by atoms with van der Waals surface area (Å²) in [5.41, 5.74) is 5.69. The molecule has 1 aromatic carbocycles. The Labute approximate surface area is 125 Å². The second kappa shape index (κ2) is 7.73.